The van der Waals surface area contributed by atoms with Gasteiger partial charge in [0.15, 0.2) is 0 Å². The van der Waals surface area contributed by atoms with Crippen LogP contribution in [0.1, 0.15) is 27.8 Å². The first-order chi connectivity index (χ1) is 16.3. The molecular formula is C27H25ClO6. The van der Waals surface area contributed by atoms with Gasteiger partial charge in [0.2, 0.25) is 5.79 Å². The van der Waals surface area contributed by atoms with E-state index < -0.39 is 36.8 Å². The van der Waals surface area contributed by atoms with Gasteiger partial charge in [-0.1, -0.05) is 59.8 Å². The molecule has 0 aliphatic carbocycles. The number of hydrogen-bond acceptors (Lipinski definition) is 6. The van der Waals surface area contributed by atoms with Crippen LogP contribution in [0.15, 0.2) is 72.8 Å². The zero-order chi connectivity index (χ0) is 24.3. The highest BCUT2D eigenvalue weighted by atomic mass is 35.5. The molecule has 6 nitrogen and oxygen atoms in total. The van der Waals surface area contributed by atoms with E-state index in [2.05, 4.69) is 11.8 Å². The van der Waals surface area contributed by atoms with Crippen molar-refractivity contribution >= 4 is 11.6 Å². The molecule has 5 atom stereocenters. The molecule has 0 spiro atoms. The zero-order valence-electron chi connectivity index (χ0n) is 18.2. The average Bonchev–Trinajstić information content (AvgIpc) is 2.86. The molecule has 1 aliphatic heterocycles. The smallest absolute Gasteiger partial charge is 0.222 e. The Bertz CT molecular complexity index is 1190. The summed E-state index contributed by atoms with van der Waals surface area (Å²) in [6.45, 7) is -0.646. The van der Waals surface area contributed by atoms with Gasteiger partial charge in [0.05, 0.1) is 6.61 Å². The van der Waals surface area contributed by atoms with Crippen LogP contribution in [0.4, 0.5) is 0 Å². The molecule has 0 aromatic heterocycles. The van der Waals surface area contributed by atoms with Crippen molar-refractivity contribution < 1.29 is 30.3 Å². The summed E-state index contributed by atoms with van der Waals surface area (Å²) in [6, 6.07) is 22.0. The van der Waals surface area contributed by atoms with Crippen molar-refractivity contribution in [1.29, 1.82) is 0 Å². The maximum Gasteiger partial charge on any atom is 0.222 e. The first-order valence-corrected chi connectivity index (χ1v) is 11.2. The van der Waals surface area contributed by atoms with E-state index in [4.69, 9.17) is 16.3 Å². The third kappa shape index (κ3) is 5.02. The van der Waals surface area contributed by atoms with E-state index in [1.807, 2.05) is 54.6 Å². The van der Waals surface area contributed by atoms with Crippen molar-refractivity contribution in [1.82, 2.24) is 0 Å². The second kappa shape index (κ2) is 10.3. The lowest BCUT2D eigenvalue weighted by atomic mass is 9.87. The Kier molecular flexibility index (Phi) is 7.36. The molecule has 176 valence electrons. The molecule has 3 aromatic rings. The van der Waals surface area contributed by atoms with Crippen molar-refractivity contribution in [2.24, 2.45) is 0 Å². The molecule has 34 heavy (non-hydrogen) atoms. The van der Waals surface area contributed by atoms with E-state index in [1.165, 1.54) is 6.07 Å². The summed E-state index contributed by atoms with van der Waals surface area (Å²) in [6.07, 6.45) is -5.93. The van der Waals surface area contributed by atoms with Crippen LogP contribution in [0, 0.1) is 11.8 Å². The zero-order valence-corrected chi connectivity index (χ0v) is 18.9. The number of hydrogen-bond donors (Lipinski definition) is 5. The maximum atomic E-state index is 11.1. The van der Waals surface area contributed by atoms with Gasteiger partial charge in [0, 0.05) is 21.7 Å². The molecule has 0 saturated carbocycles. The van der Waals surface area contributed by atoms with Crippen LogP contribution in [0.2, 0.25) is 5.02 Å². The molecule has 0 amide bonds. The predicted octanol–water partition coefficient (Wildman–Crippen LogP) is 1.95. The monoisotopic (exact) mass is 480 g/mol. The fraction of sp³-hybridized carbons (Fsp3) is 0.259. The summed E-state index contributed by atoms with van der Waals surface area (Å²) in [5, 5.41) is 51.5. The second-order valence-electron chi connectivity index (χ2n) is 8.26. The Balaban J connectivity index is 1.55. The molecule has 1 fully saturated rings. The number of ether oxygens (including phenoxy) is 1. The summed E-state index contributed by atoms with van der Waals surface area (Å²) >= 11 is 6.39. The van der Waals surface area contributed by atoms with E-state index >= 15 is 0 Å². The van der Waals surface area contributed by atoms with Gasteiger partial charge in [-0.05, 0) is 53.9 Å². The number of halogens is 1. The lowest BCUT2D eigenvalue weighted by Crippen LogP contribution is -2.63. The third-order valence-electron chi connectivity index (χ3n) is 5.90. The molecule has 1 saturated heterocycles. The molecule has 0 unspecified atom stereocenters. The van der Waals surface area contributed by atoms with Gasteiger partial charge in [-0.25, -0.2) is 0 Å². The van der Waals surface area contributed by atoms with Gasteiger partial charge < -0.3 is 30.3 Å². The molecule has 0 radical (unpaired) electrons. The predicted molar refractivity (Wildman–Crippen MR) is 127 cm³/mol. The number of aliphatic hydroxyl groups excluding tert-OH is 4. The van der Waals surface area contributed by atoms with E-state index in [-0.39, 0.29) is 5.56 Å². The quantitative estimate of drug-likeness (QED) is 0.365. The van der Waals surface area contributed by atoms with Crippen LogP contribution in [-0.2, 0) is 16.9 Å². The topological polar surface area (TPSA) is 110 Å². The van der Waals surface area contributed by atoms with Crippen LogP contribution < -0.4 is 0 Å². The van der Waals surface area contributed by atoms with Crippen molar-refractivity contribution in [3.8, 4) is 11.8 Å². The Morgan fingerprint density at radius 1 is 0.853 bits per heavy atom. The van der Waals surface area contributed by atoms with Crippen molar-refractivity contribution in [2.75, 3.05) is 6.61 Å². The SMILES string of the molecule is OC[C@H]1O[C@](O)(c2ccc(Cl)c(Cc3ccc(C#Cc4ccccc4)cc3)c2)[C@H](O)[C@@H](O)[C@@H]1O. The Labute approximate surface area is 202 Å². The van der Waals surface area contributed by atoms with E-state index in [1.54, 1.807) is 12.1 Å². The largest absolute Gasteiger partial charge is 0.394 e. The standard InChI is InChI=1S/C27H25ClO6/c28-22-13-12-21(27(33)26(32)25(31)24(30)23(16-29)34-27)15-20(22)14-19-10-8-18(9-11-19)7-6-17-4-2-1-3-5-17/h1-5,8-13,15,23-26,29-33H,14,16H2/t23-,24-,25+,26-,27-/m1/s1. The minimum atomic E-state index is -2.33. The highest BCUT2D eigenvalue weighted by Gasteiger charge is 2.53. The summed E-state index contributed by atoms with van der Waals surface area (Å²) < 4.78 is 5.42. The van der Waals surface area contributed by atoms with Gasteiger partial charge in [0.25, 0.3) is 0 Å². The second-order valence-corrected chi connectivity index (χ2v) is 8.66. The van der Waals surface area contributed by atoms with Gasteiger partial charge >= 0.3 is 0 Å². The van der Waals surface area contributed by atoms with Crippen molar-refractivity contribution in [2.45, 2.75) is 36.6 Å². The summed E-state index contributed by atoms with van der Waals surface area (Å²) in [5.41, 5.74) is 3.55. The molecule has 5 N–H and O–H groups in total. The summed E-state index contributed by atoms with van der Waals surface area (Å²) in [5.74, 6) is 3.91. The fourth-order valence-electron chi connectivity index (χ4n) is 3.92. The molecular weight excluding hydrogens is 456 g/mol. The molecule has 7 heteroatoms. The minimum Gasteiger partial charge on any atom is -0.394 e. The highest BCUT2D eigenvalue weighted by Crippen LogP contribution is 2.37. The van der Waals surface area contributed by atoms with E-state index in [0.29, 0.717) is 17.0 Å². The van der Waals surface area contributed by atoms with Crippen LogP contribution in [0.5, 0.6) is 0 Å². The van der Waals surface area contributed by atoms with Crippen molar-refractivity contribution in [3.05, 3.63) is 106 Å². The Hall–Kier alpha value is -2.73. The fourth-order valence-corrected chi connectivity index (χ4v) is 4.10. The first-order valence-electron chi connectivity index (χ1n) is 10.8. The van der Waals surface area contributed by atoms with Crippen LogP contribution >= 0.6 is 11.6 Å². The number of benzene rings is 3. The summed E-state index contributed by atoms with van der Waals surface area (Å²) in [7, 11) is 0. The first kappa shape index (κ1) is 24.4. The van der Waals surface area contributed by atoms with Gasteiger partial charge in [-0.3, -0.25) is 0 Å². The lowest BCUT2D eigenvalue weighted by molar-refractivity contribution is -0.357. The van der Waals surface area contributed by atoms with Crippen LogP contribution in [0.3, 0.4) is 0 Å². The highest BCUT2D eigenvalue weighted by molar-refractivity contribution is 6.31. The van der Waals surface area contributed by atoms with Crippen molar-refractivity contribution in [3.63, 3.8) is 0 Å². The molecule has 0 bridgehead atoms. The van der Waals surface area contributed by atoms with Gasteiger partial charge in [-0.2, -0.15) is 0 Å². The minimum absolute atomic E-state index is 0.147. The number of aliphatic hydroxyl groups is 5. The maximum absolute atomic E-state index is 11.1. The normalized spacial score (nSPS) is 26.5. The van der Waals surface area contributed by atoms with E-state index in [0.717, 1.165) is 16.7 Å². The lowest BCUT2D eigenvalue weighted by Gasteiger charge is -2.45. The van der Waals surface area contributed by atoms with Crippen LogP contribution in [0.25, 0.3) is 0 Å². The molecule has 3 aromatic carbocycles. The van der Waals surface area contributed by atoms with Crippen LogP contribution in [-0.4, -0.2) is 56.6 Å². The molecule has 1 aliphatic rings. The third-order valence-corrected chi connectivity index (χ3v) is 6.27. The average molecular weight is 481 g/mol. The molecule has 1 heterocycles. The molecule has 4 rings (SSSR count). The number of rotatable bonds is 4. The van der Waals surface area contributed by atoms with E-state index in [9.17, 15) is 25.5 Å². The summed E-state index contributed by atoms with van der Waals surface area (Å²) in [4.78, 5) is 0. The van der Waals surface area contributed by atoms with Gasteiger partial charge in [-0.15, -0.1) is 0 Å². The van der Waals surface area contributed by atoms with Gasteiger partial charge in [0.1, 0.15) is 24.4 Å². The Morgan fingerprint density at radius 3 is 2.15 bits per heavy atom. The Morgan fingerprint density at radius 2 is 1.50 bits per heavy atom.